The monoisotopic (exact) mass is 388 g/mol. The molecule has 0 aliphatic rings. The Morgan fingerprint density at radius 3 is 2.63 bits per heavy atom. The maximum absolute atomic E-state index is 13.4. The predicted molar refractivity (Wildman–Crippen MR) is 101 cm³/mol. The number of carbonyl (C=O) groups excluding carboxylic acids is 1. The molecule has 3 rings (SSSR count). The van der Waals surface area contributed by atoms with Gasteiger partial charge < -0.3 is 5.32 Å². The van der Waals surface area contributed by atoms with Gasteiger partial charge in [-0.15, -0.1) is 0 Å². The van der Waals surface area contributed by atoms with E-state index in [0.29, 0.717) is 5.69 Å². The van der Waals surface area contributed by atoms with Crippen molar-refractivity contribution in [3.05, 3.63) is 72.8 Å². The number of halogens is 1. The van der Waals surface area contributed by atoms with Crippen LogP contribution in [0.1, 0.15) is 0 Å². The standard InChI is InChI=1S/C18H17FN4O3S/c1-27(25,26)23(17-8-2-5-14(19)11-17)13-18(24)21-15-6-3-7-16(12-15)22-10-4-9-20-22/h2-12H,13H2,1H3,(H,21,24). The highest BCUT2D eigenvalue weighted by molar-refractivity contribution is 7.92. The van der Waals surface area contributed by atoms with Crippen molar-refractivity contribution < 1.29 is 17.6 Å². The van der Waals surface area contributed by atoms with Crippen LogP contribution >= 0.6 is 0 Å². The van der Waals surface area contributed by atoms with Gasteiger partial charge in [0.15, 0.2) is 0 Å². The Morgan fingerprint density at radius 2 is 1.96 bits per heavy atom. The van der Waals surface area contributed by atoms with E-state index in [1.165, 1.54) is 18.2 Å². The molecule has 7 nitrogen and oxygen atoms in total. The Hall–Kier alpha value is -3.20. The Balaban J connectivity index is 1.78. The van der Waals surface area contributed by atoms with E-state index in [2.05, 4.69) is 10.4 Å². The summed E-state index contributed by atoms with van der Waals surface area (Å²) >= 11 is 0. The highest BCUT2D eigenvalue weighted by atomic mass is 32.2. The fourth-order valence-corrected chi connectivity index (χ4v) is 3.36. The summed E-state index contributed by atoms with van der Waals surface area (Å²) < 4.78 is 40.0. The van der Waals surface area contributed by atoms with Crippen molar-refractivity contribution in [2.45, 2.75) is 0 Å². The van der Waals surface area contributed by atoms with Gasteiger partial charge in [-0.1, -0.05) is 12.1 Å². The number of nitrogens with zero attached hydrogens (tertiary/aromatic N) is 3. The number of sulfonamides is 1. The molecule has 27 heavy (non-hydrogen) atoms. The minimum absolute atomic E-state index is 0.0814. The molecular formula is C18H17FN4O3S. The molecule has 0 aliphatic carbocycles. The molecule has 0 saturated heterocycles. The highest BCUT2D eigenvalue weighted by Gasteiger charge is 2.21. The van der Waals surface area contributed by atoms with E-state index in [9.17, 15) is 17.6 Å². The first kappa shape index (κ1) is 18.6. The first-order chi connectivity index (χ1) is 12.8. The maximum atomic E-state index is 13.4. The molecule has 0 fully saturated rings. The van der Waals surface area contributed by atoms with Gasteiger partial charge in [-0.2, -0.15) is 5.10 Å². The van der Waals surface area contributed by atoms with E-state index in [1.807, 2.05) is 6.07 Å². The summed E-state index contributed by atoms with van der Waals surface area (Å²) in [5, 5.41) is 6.77. The number of aromatic nitrogens is 2. The van der Waals surface area contributed by atoms with E-state index in [0.717, 1.165) is 22.3 Å². The average Bonchev–Trinajstić information content (AvgIpc) is 3.13. The highest BCUT2D eigenvalue weighted by Crippen LogP contribution is 2.19. The SMILES string of the molecule is CS(=O)(=O)N(CC(=O)Nc1cccc(-n2cccn2)c1)c1cccc(F)c1. The number of benzene rings is 2. The zero-order valence-electron chi connectivity index (χ0n) is 14.4. The third kappa shape index (κ3) is 4.70. The van der Waals surface area contributed by atoms with Crippen molar-refractivity contribution in [1.29, 1.82) is 0 Å². The van der Waals surface area contributed by atoms with E-state index >= 15 is 0 Å². The van der Waals surface area contributed by atoms with Crippen LogP contribution < -0.4 is 9.62 Å². The number of amides is 1. The number of nitrogens with one attached hydrogen (secondary N) is 1. The van der Waals surface area contributed by atoms with E-state index in [4.69, 9.17) is 0 Å². The van der Waals surface area contributed by atoms with E-state index in [-0.39, 0.29) is 5.69 Å². The molecule has 0 radical (unpaired) electrons. The van der Waals surface area contributed by atoms with E-state index in [1.54, 1.807) is 41.3 Å². The third-order valence-electron chi connectivity index (χ3n) is 3.68. The maximum Gasteiger partial charge on any atom is 0.245 e. The summed E-state index contributed by atoms with van der Waals surface area (Å²) in [7, 11) is -3.77. The molecule has 3 aromatic rings. The largest absolute Gasteiger partial charge is 0.324 e. The topological polar surface area (TPSA) is 84.3 Å². The average molecular weight is 388 g/mol. The molecule has 140 valence electrons. The first-order valence-electron chi connectivity index (χ1n) is 7.96. The van der Waals surface area contributed by atoms with Crippen LogP contribution in [-0.2, 0) is 14.8 Å². The van der Waals surface area contributed by atoms with Crippen LogP contribution in [0.2, 0.25) is 0 Å². The van der Waals surface area contributed by atoms with Crippen molar-refractivity contribution >= 4 is 27.3 Å². The molecule has 1 heterocycles. The summed E-state index contributed by atoms with van der Waals surface area (Å²) in [5.74, 6) is -1.14. The molecule has 0 bridgehead atoms. The second-order valence-electron chi connectivity index (χ2n) is 5.80. The fourth-order valence-electron chi connectivity index (χ4n) is 2.51. The van der Waals surface area contributed by atoms with Crippen LogP contribution in [0.15, 0.2) is 67.0 Å². The summed E-state index contributed by atoms with van der Waals surface area (Å²) in [6.07, 6.45) is 4.36. The van der Waals surface area contributed by atoms with Gasteiger partial charge in [0, 0.05) is 18.1 Å². The van der Waals surface area contributed by atoms with Crippen molar-refractivity contribution in [2.24, 2.45) is 0 Å². The van der Waals surface area contributed by atoms with Gasteiger partial charge in [0.1, 0.15) is 12.4 Å². The lowest BCUT2D eigenvalue weighted by Crippen LogP contribution is -2.37. The van der Waals surface area contributed by atoms with Gasteiger partial charge in [0.25, 0.3) is 0 Å². The Bertz CT molecular complexity index is 1050. The number of hydrogen-bond donors (Lipinski definition) is 1. The molecule has 1 N–H and O–H groups in total. The predicted octanol–water partition coefficient (Wildman–Crippen LogP) is 2.42. The molecule has 0 saturated carbocycles. The van der Waals surface area contributed by atoms with Gasteiger partial charge in [-0.25, -0.2) is 17.5 Å². The molecular weight excluding hydrogens is 371 g/mol. The number of hydrogen-bond acceptors (Lipinski definition) is 4. The van der Waals surface area contributed by atoms with Crippen LogP contribution in [0.4, 0.5) is 15.8 Å². The van der Waals surface area contributed by atoms with E-state index < -0.39 is 28.3 Å². The zero-order valence-corrected chi connectivity index (χ0v) is 15.2. The van der Waals surface area contributed by atoms with Crippen LogP contribution in [0.25, 0.3) is 5.69 Å². The molecule has 0 unspecified atom stereocenters. The Kier molecular flexibility index (Phi) is 5.22. The quantitative estimate of drug-likeness (QED) is 0.703. The van der Waals surface area contributed by atoms with Gasteiger partial charge in [0.05, 0.1) is 17.6 Å². The van der Waals surface area contributed by atoms with Gasteiger partial charge >= 0.3 is 0 Å². The summed E-state index contributed by atoms with van der Waals surface area (Å²) in [4.78, 5) is 12.4. The lowest BCUT2D eigenvalue weighted by atomic mass is 10.2. The van der Waals surface area contributed by atoms with Crippen molar-refractivity contribution in [3.63, 3.8) is 0 Å². The molecule has 2 aromatic carbocycles. The minimum atomic E-state index is -3.77. The summed E-state index contributed by atoms with van der Waals surface area (Å²) in [6, 6.07) is 13.8. The van der Waals surface area contributed by atoms with Gasteiger partial charge in [-0.05, 0) is 42.5 Å². The minimum Gasteiger partial charge on any atom is -0.324 e. The number of rotatable bonds is 6. The van der Waals surface area contributed by atoms with Crippen molar-refractivity contribution in [2.75, 3.05) is 22.4 Å². The fraction of sp³-hybridized carbons (Fsp3) is 0.111. The van der Waals surface area contributed by atoms with Crippen LogP contribution in [0.5, 0.6) is 0 Å². The van der Waals surface area contributed by atoms with Crippen LogP contribution in [-0.4, -0.2) is 36.9 Å². The second-order valence-corrected chi connectivity index (χ2v) is 7.71. The van der Waals surface area contributed by atoms with Crippen LogP contribution in [0, 0.1) is 5.82 Å². The smallest absolute Gasteiger partial charge is 0.245 e. The second kappa shape index (κ2) is 7.58. The lowest BCUT2D eigenvalue weighted by Gasteiger charge is -2.22. The normalized spacial score (nSPS) is 11.2. The number of anilines is 2. The summed E-state index contributed by atoms with van der Waals surface area (Å²) in [5.41, 5.74) is 1.31. The zero-order chi connectivity index (χ0) is 19.4. The van der Waals surface area contributed by atoms with Gasteiger partial charge in [0.2, 0.25) is 15.9 Å². The molecule has 9 heteroatoms. The van der Waals surface area contributed by atoms with Gasteiger partial charge in [-0.3, -0.25) is 9.10 Å². The first-order valence-corrected chi connectivity index (χ1v) is 9.81. The third-order valence-corrected chi connectivity index (χ3v) is 4.82. The Morgan fingerprint density at radius 1 is 1.19 bits per heavy atom. The molecule has 1 aromatic heterocycles. The summed E-state index contributed by atoms with van der Waals surface area (Å²) in [6.45, 7) is -0.478. The number of carbonyl (C=O) groups is 1. The van der Waals surface area contributed by atoms with Crippen molar-refractivity contribution in [1.82, 2.24) is 9.78 Å². The Labute approximate surface area is 156 Å². The molecule has 0 spiro atoms. The molecule has 1 amide bonds. The molecule has 0 atom stereocenters. The lowest BCUT2D eigenvalue weighted by molar-refractivity contribution is -0.114. The molecule has 0 aliphatic heterocycles. The van der Waals surface area contributed by atoms with Crippen LogP contribution in [0.3, 0.4) is 0 Å². The van der Waals surface area contributed by atoms with Crippen molar-refractivity contribution in [3.8, 4) is 5.69 Å².